The van der Waals surface area contributed by atoms with Crippen molar-refractivity contribution in [3.05, 3.63) is 42.6 Å². The van der Waals surface area contributed by atoms with Crippen LogP contribution in [0.4, 0.5) is 0 Å². The normalized spacial score (nSPS) is 12.5. The maximum absolute atomic E-state index is 10.2. The molecule has 26 heavy (non-hydrogen) atoms. The highest BCUT2D eigenvalue weighted by Gasteiger charge is 2.35. The molecule has 5 nitrogen and oxygen atoms in total. The lowest BCUT2D eigenvalue weighted by atomic mass is 9.83. The molecule has 0 amide bonds. The fourth-order valence-corrected chi connectivity index (χ4v) is 2.56. The van der Waals surface area contributed by atoms with E-state index in [9.17, 15) is 5.11 Å². The lowest BCUT2D eigenvalue weighted by molar-refractivity contribution is -0.0893. The summed E-state index contributed by atoms with van der Waals surface area (Å²) in [6.07, 6.45) is 1.76. The number of hydrogen-bond acceptors (Lipinski definition) is 4. The molecule has 0 saturated carbocycles. The Morgan fingerprint density at radius 2 is 1.85 bits per heavy atom. The second-order valence-electron chi connectivity index (χ2n) is 7.45. The minimum atomic E-state index is -0.956. The number of nitrogens with zero attached hydrogens (tertiary/aromatic N) is 3. The van der Waals surface area contributed by atoms with Crippen molar-refractivity contribution >= 4 is 24.0 Å². The van der Waals surface area contributed by atoms with Crippen LogP contribution in [0, 0.1) is 0 Å². The molecule has 0 fully saturated rings. The van der Waals surface area contributed by atoms with Gasteiger partial charge in [0.25, 0.3) is 0 Å². The molecule has 1 N–H and O–H groups in total. The molecule has 0 aliphatic carbocycles. The van der Waals surface area contributed by atoms with Gasteiger partial charge in [-0.1, -0.05) is 18.2 Å². The Bertz CT molecular complexity index is 896. The van der Waals surface area contributed by atoms with E-state index in [4.69, 9.17) is 9.64 Å². The van der Waals surface area contributed by atoms with E-state index in [-0.39, 0.29) is 0 Å². The molecule has 0 atom stereocenters. The van der Waals surface area contributed by atoms with Crippen LogP contribution < -0.4 is 5.46 Å². The number of aliphatic hydroxyl groups is 1. The largest absolute Gasteiger partial charge is 0.427 e. The summed E-state index contributed by atoms with van der Waals surface area (Å²) in [6.45, 7) is 10.1. The van der Waals surface area contributed by atoms with Crippen molar-refractivity contribution < 1.29 is 9.76 Å². The van der Waals surface area contributed by atoms with E-state index in [1.807, 2.05) is 44.2 Å². The van der Waals surface area contributed by atoms with Gasteiger partial charge in [0.15, 0.2) is 5.82 Å². The lowest BCUT2D eigenvalue weighted by Crippen LogP contribution is -2.49. The van der Waals surface area contributed by atoms with Gasteiger partial charge in [-0.15, -0.1) is 0 Å². The summed E-state index contributed by atoms with van der Waals surface area (Å²) in [6, 6.07) is 12.0. The average Bonchev–Trinajstić information content (AvgIpc) is 2.98. The Morgan fingerprint density at radius 3 is 2.46 bits per heavy atom. The van der Waals surface area contributed by atoms with Crippen LogP contribution in [0.25, 0.3) is 22.6 Å². The van der Waals surface area contributed by atoms with Crippen LogP contribution in [0.3, 0.4) is 0 Å². The van der Waals surface area contributed by atoms with E-state index in [0.29, 0.717) is 0 Å². The monoisotopic (exact) mass is 350 g/mol. The maximum atomic E-state index is 10.2. The van der Waals surface area contributed by atoms with E-state index < -0.39 is 11.2 Å². The lowest BCUT2D eigenvalue weighted by Gasteiger charge is -2.37. The van der Waals surface area contributed by atoms with Gasteiger partial charge < -0.3 is 14.3 Å². The number of para-hydroxylation sites is 2. The van der Waals surface area contributed by atoms with E-state index >= 15 is 0 Å². The van der Waals surface area contributed by atoms with Crippen LogP contribution in [0.5, 0.6) is 0 Å². The van der Waals surface area contributed by atoms with Gasteiger partial charge in [-0.3, -0.25) is 4.98 Å². The zero-order valence-electron chi connectivity index (χ0n) is 16.0. The first-order chi connectivity index (χ1) is 12.2. The van der Waals surface area contributed by atoms with E-state index in [0.717, 1.165) is 34.6 Å². The molecular formula is C20H25BN3O2. The van der Waals surface area contributed by atoms with E-state index in [1.165, 1.54) is 0 Å². The van der Waals surface area contributed by atoms with Crippen LogP contribution >= 0.6 is 0 Å². The van der Waals surface area contributed by atoms with Crippen LogP contribution in [-0.4, -0.2) is 38.3 Å². The fourth-order valence-electron chi connectivity index (χ4n) is 2.56. The number of benzene rings is 1. The Kier molecular flexibility index (Phi) is 4.91. The molecule has 1 aromatic carbocycles. The molecule has 0 bridgehead atoms. The average molecular weight is 350 g/mol. The molecule has 0 aliphatic heterocycles. The van der Waals surface area contributed by atoms with Crippen molar-refractivity contribution in [1.29, 1.82) is 0 Å². The van der Waals surface area contributed by atoms with Crippen LogP contribution in [0.2, 0.25) is 0 Å². The molecule has 1 radical (unpaired) electrons. The quantitative estimate of drug-likeness (QED) is 0.695. The highest BCUT2D eigenvalue weighted by molar-refractivity contribution is 6.46. The summed E-state index contributed by atoms with van der Waals surface area (Å²) in [7, 11) is 1.64. The zero-order chi connectivity index (χ0) is 18.9. The minimum absolute atomic E-state index is 0.706. The third-order valence-electron chi connectivity index (χ3n) is 4.95. The predicted molar refractivity (Wildman–Crippen MR) is 105 cm³/mol. The standard InChI is InChI=1S/C20H25BN3O2/c1-6-24-17-10-8-7-9-15(17)23-18(24)16-12-11-14(13-22-16)21-26-20(4,5)19(2,3)25/h7-13,25H,6H2,1-5H3. The van der Waals surface area contributed by atoms with Gasteiger partial charge in [-0.05, 0) is 58.3 Å². The fraction of sp³-hybridized carbons (Fsp3) is 0.400. The van der Waals surface area contributed by atoms with Crippen molar-refractivity contribution in [2.24, 2.45) is 0 Å². The first-order valence-corrected chi connectivity index (χ1v) is 8.88. The molecule has 0 saturated heterocycles. The minimum Gasteiger partial charge on any atom is -0.427 e. The van der Waals surface area contributed by atoms with Gasteiger partial charge in [-0.25, -0.2) is 4.98 Å². The van der Waals surface area contributed by atoms with Gasteiger partial charge >= 0.3 is 7.48 Å². The number of imidazole rings is 1. The Labute approximate surface area is 155 Å². The Balaban J connectivity index is 1.82. The maximum Gasteiger partial charge on any atom is 0.332 e. The van der Waals surface area contributed by atoms with E-state index in [2.05, 4.69) is 22.5 Å². The second kappa shape index (κ2) is 6.85. The van der Waals surface area contributed by atoms with Gasteiger partial charge in [0, 0.05) is 12.7 Å². The van der Waals surface area contributed by atoms with Crippen molar-refractivity contribution in [2.45, 2.75) is 52.4 Å². The molecule has 135 valence electrons. The summed E-state index contributed by atoms with van der Waals surface area (Å²) in [4.78, 5) is 9.29. The summed E-state index contributed by atoms with van der Waals surface area (Å²) in [5.41, 5.74) is 2.08. The van der Waals surface area contributed by atoms with Crippen molar-refractivity contribution in [3.63, 3.8) is 0 Å². The summed E-state index contributed by atoms with van der Waals surface area (Å²) >= 11 is 0. The van der Waals surface area contributed by atoms with Gasteiger partial charge in [0.05, 0.1) is 22.2 Å². The number of aromatic nitrogens is 3. The number of fused-ring (bicyclic) bond motifs is 1. The summed E-state index contributed by atoms with van der Waals surface area (Å²) in [5.74, 6) is 0.859. The molecule has 6 heteroatoms. The molecule has 0 unspecified atom stereocenters. The van der Waals surface area contributed by atoms with Crippen molar-refractivity contribution in [2.75, 3.05) is 0 Å². The summed E-state index contributed by atoms with van der Waals surface area (Å²) in [5, 5.41) is 10.2. The predicted octanol–water partition coefficient (Wildman–Crippen LogP) is 2.93. The molecule has 3 rings (SSSR count). The van der Waals surface area contributed by atoms with Crippen LogP contribution in [-0.2, 0) is 11.2 Å². The molecule has 0 aliphatic rings. The molecule has 2 aromatic heterocycles. The zero-order valence-corrected chi connectivity index (χ0v) is 16.0. The van der Waals surface area contributed by atoms with Crippen LogP contribution in [0.15, 0.2) is 42.6 Å². The van der Waals surface area contributed by atoms with Crippen LogP contribution in [0.1, 0.15) is 34.6 Å². The highest BCUT2D eigenvalue weighted by atomic mass is 16.5. The Morgan fingerprint density at radius 1 is 1.12 bits per heavy atom. The third-order valence-corrected chi connectivity index (χ3v) is 4.95. The first-order valence-electron chi connectivity index (χ1n) is 8.88. The summed E-state index contributed by atoms with van der Waals surface area (Å²) < 4.78 is 7.94. The second-order valence-corrected chi connectivity index (χ2v) is 7.45. The number of aryl methyl sites for hydroxylation is 1. The van der Waals surface area contributed by atoms with Gasteiger partial charge in [0.1, 0.15) is 5.69 Å². The smallest absolute Gasteiger partial charge is 0.332 e. The van der Waals surface area contributed by atoms with E-state index in [1.54, 1.807) is 27.5 Å². The number of rotatable bonds is 6. The first kappa shape index (κ1) is 18.6. The van der Waals surface area contributed by atoms with Crippen molar-refractivity contribution in [3.8, 4) is 11.5 Å². The molecular weight excluding hydrogens is 325 g/mol. The number of pyridine rings is 1. The van der Waals surface area contributed by atoms with Gasteiger partial charge in [-0.2, -0.15) is 0 Å². The molecule has 0 spiro atoms. The molecule has 2 heterocycles. The van der Waals surface area contributed by atoms with Crippen molar-refractivity contribution in [1.82, 2.24) is 14.5 Å². The number of hydrogen-bond donors (Lipinski definition) is 1. The SMILES string of the molecule is CCn1c(-c2ccc([B]OC(C)(C)C(C)(C)O)cn2)nc2ccccc21. The molecule has 3 aromatic rings. The van der Waals surface area contributed by atoms with Gasteiger partial charge in [0.2, 0.25) is 0 Å². The topological polar surface area (TPSA) is 60.2 Å². The highest BCUT2D eigenvalue weighted by Crippen LogP contribution is 2.25. The Hall–Kier alpha value is -2.18. The third kappa shape index (κ3) is 3.52.